The number of ether oxygens (including phenoxy) is 1. The van der Waals surface area contributed by atoms with Gasteiger partial charge in [0.1, 0.15) is 5.82 Å². The summed E-state index contributed by atoms with van der Waals surface area (Å²) in [5.74, 6) is -1.84. The van der Waals surface area contributed by atoms with Gasteiger partial charge in [-0.15, -0.1) is 5.10 Å². The fourth-order valence-electron chi connectivity index (χ4n) is 5.51. The van der Waals surface area contributed by atoms with Crippen LogP contribution in [-0.4, -0.2) is 40.4 Å². The Morgan fingerprint density at radius 1 is 1.02 bits per heavy atom. The van der Waals surface area contributed by atoms with E-state index in [4.69, 9.17) is 9.84 Å². The molecule has 0 aromatic heterocycles. The van der Waals surface area contributed by atoms with Gasteiger partial charge >= 0.3 is 5.97 Å². The molecular weight excluding hydrogens is 525 g/mol. The van der Waals surface area contributed by atoms with Gasteiger partial charge in [0.15, 0.2) is 6.61 Å². The summed E-state index contributed by atoms with van der Waals surface area (Å²) in [6.45, 7) is 0.176. The van der Waals surface area contributed by atoms with E-state index in [1.54, 1.807) is 6.07 Å². The predicted octanol–water partition coefficient (Wildman–Crippen LogP) is 5.48. The average molecular weight is 558 g/mol. The number of carbonyl (C=O) groups is 3. The summed E-state index contributed by atoms with van der Waals surface area (Å²) in [6, 6.07) is 21.2. The molecule has 3 aromatic rings. The van der Waals surface area contributed by atoms with E-state index in [0.717, 1.165) is 42.4 Å². The lowest BCUT2D eigenvalue weighted by Gasteiger charge is -2.25. The Morgan fingerprint density at radius 3 is 2.46 bits per heavy atom. The molecule has 41 heavy (non-hydrogen) atoms. The van der Waals surface area contributed by atoms with E-state index in [0.29, 0.717) is 17.1 Å². The van der Waals surface area contributed by atoms with E-state index >= 15 is 0 Å². The first kappa shape index (κ1) is 28.0. The first-order valence-electron chi connectivity index (χ1n) is 13.8. The maximum Gasteiger partial charge on any atom is 0.303 e. The van der Waals surface area contributed by atoms with Gasteiger partial charge in [-0.1, -0.05) is 55.3 Å². The second-order valence-electron chi connectivity index (χ2n) is 10.5. The number of carboxylic acids is 1. The number of anilines is 1. The molecule has 5 rings (SSSR count). The minimum absolute atomic E-state index is 0.0894. The van der Waals surface area contributed by atoms with Crippen molar-refractivity contribution in [2.24, 2.45) is 11.0 Å². The van der Waals surface area contributed by atoms with Crippen molar-refractivity contribution in [2.45, 2.75) is 51.0 Å². The third kappa shape index (κ3) is 7.16. The van der Waals surface area contributed by atoms with Crippen molar-refractivity contribution in [2.75, 3.05) is 11.9 Å². The van der Waals surface area contributed by atoms with Crippen molar-refractivity contribution in [3.63, 3.8) is 0 Å². The molecule has 1 heterocycles. The number of hydrazone groups is 1. The van der Waals surface area contributed by atoms with Crippen LogP contribution in [0.3, 0.4) is 0 Å². The molecule has 8 nitrogen and oxygen atoms in total. The SMILES string of the molecule is O=C(O)CCc1cc(F)cc(NC(=O)C(c2ccc(CN3N=C(c4ccccc4)OCC3=O)cc2)C2CCCC2)c1. The largest absolute Gasteiger partial charge is 0.481 e. The summed E-state index contributed by atoms with van der Waals surface area (Å²) in [5, 5.41) is 17.7. The van der Waals surface area contributed by atoms with Crippen LogP contribution in [0.15, 0.2) is 77.9 Å². The number of carboxylic acid groups (broad SMARTS) is 1. The number of rotatable bonds is 10. The van der Waals surface area contributed by atoms with E-state index in [2.05, 4.69) is 10.4 Å². The molecule has 0 spiro atoms. The van der Waals surface area contributed by atoms with Gasteiger partial charge in [-0.05, 0) is 72.2 Å². The molecule has 2 N–H and O–H groups in total. The maximum absolute atomic E-state index is 14.3. The minimum Gasteiger partial charge on any atom is -0.481 e. The topological polar surface area (TPSA) is 108 Å². The number of hydrogen-bond acceptors (Lipinski definition) is 5. The third-order valence-electron chi connectivity index (χ3n) is 7.53. The smallest absolute Gasteiger partial charge is 0.303 e. The van der Waals surface area contributed by atoms with Crippen molar-refractivity contribution in [1.82, 2.24) is 5.01 Å². The number of nitrogens with zero attached hydrogens (tertiary/aromatic N) is 2. The van der Waals surface area contributed by atoms with Gasteiger partial charge in [-0.2, -0.15) is 0 Å². The van der Waals surface area contributed by atoms with Gasteiger partial charge in [0.2, 0.25) is 11.8 Å². The monoisotopic (exact) mass is 557 g/mol. The predicted molar refractivity (Wildman–Crippen MR) is 152 cm³/mol. The zero-order chi connectivity index (χ0) is 28.8. The molecule has 1 fully saturated rings. The lowest BCUT2D eigenvalue weighted by molar-refractivity contribution is -0.137. The van der Waals surface area contributed by atoms with Gasteiger partial charge in [-0.25, -0.2) is 9.40 Å². The molecule has 3 aromatic carbocycles. The third-order valence-corrected chi connectivity index (χ3v) is 7.53. The number of hydrogen-bond donors (Lipinski definition) is 2. The van der Waals surface area contributed by atoms with Gasteiger partial charge in [0.05, 0.1) is 12.5 Å². The molecule has 9 heteroatoms. The van der Waals surface area contributed by atoms with Gasteiger partial charge < -0.3 is 15.2 Å². The maximum atomic E-state index is 14.3. The molecule has 1 aliphatic heterocycles. The quantitative estimate of drug-likeness (QED) is 0.343. The second-order valence-corrected chi connectivity index (χ2v) is 10.5. The Kier molecular flexibility index (Phi) is 8.72. The number of carbonyl (C=O) groups excluding carboxylic acids is 2. The minimum atomic E-state index is -0.967. The molecule has 0 saturated heterocycles. The van der Waals surface area contributed by atoms with Crippen LogP contribution in [0.4, 0.5) is 10.1 Å². The summed E-state index contributed by atoms with van der Waals surface area (Å²) >= 11 is 0. The van der Waals surface area contributed by atoms with E-state index in [9.17, 15) is 18.8 Å². The van der Waals surface area contributed by atoms with Crippen LogP contribution < -0.4 is 5.32 Å². The number of benzene rings is 3. The zero-order valence-corrected chi connectivity index (χ0v) is 22.6. The Balaban J connectivity index is 1.32. The molecule has 1 saturated carbocycles. The van der Waals surface area contributed by atoms with Crippen LogP contribution in [0, 0.1) is 11.7 Å². The fraction of sp³-hybridized carbons (Fsp3) is 0.312. The molecule has 1 unspecified atom stereocenters. The van der Waals surface area contributed by atoms with Crippen LogP contribution in [0.1, 0.15) is 60.3 Å². The normalized spacial score (nSPS) is 16.2. The Bertz CT molecular complexity index is 1440. The Morgan fingerprint density at radius 2 is 1.76 bits per heavy atom. The standard InChI is InChI=1S/C32H32FN3O5/c33-26-16-22(12-15-29(38)39)17-27(18-26)34-31(40)30(23-6-4-5-7-23)24-13-10-21(11-14-24)19-36-28(37)20-41-32(35-36)25-8-2-1-3-9-25/h1-3,8-11,13-14,16-18,23,30H,4-7,12,15,19-20H2,(H,34,40)(H,38,39). The lowest BCUT2D eigenvalue weighted by atomic mass is 9.83. The van der Waals surface area contributed by atoms with Crippen molar-refractivity contribution in [1.29, 1.82) is 0 Å². The average Bonchev–Trinajstić information content (AvgIpc) is 3.49. The van der Waals surface area contributed by atoms with Crippen LogP contribution in [0.25, 0.3) is 0 Å². The molecule has 1 aliphatic carbocycles. The van der Waals surface area contributed by atoms with Crippen LogP contribution >= 0.6 is 0 Å². The molecule has 2 amide bonds. The number of aliphatic carboxylic acids is 1. The molecule has 1 atom stereocenters. The van der Waals surface area contributed by atoms with Crippen LogP contribution in [0.2, 0.25) is 0 Å². The van der Waals surface area contributed by atoms with Crippen molar-refractivity contribution in [3.8, 4) is 0 Å². The highest BCUT2D eigenvalue weighted by Crippen LogP contribution is 2.38. The number of halogens is 1. The summed E-state index contributed by atoms with van der Waals surface area (Å²) < 4.78 is 19.8. The fourth-order valence-corrected chi connectivity index (χ4v) is 5.51. The number of amides is 2. The summed E-state index contributed by atoms with van der Waals surface area (Å²) in [4.78, 5) is 37.0. The summed E-state index contributed by atoms with van der Waals surface area (Å²) in [6.07, 6.45) is 3.99. The molecule has 0 bridgehead atoms. The highest BCUT2D eigenvalue weighted by molar-refractivity contribution is 5.98. The van der Waals surface area contributed by atoms with E-state index in [1.807, 2.05) is 54.6 Å². The first-order chi connectivity index (χ1) is 19.9. The number of nitrogens with one attached hydrogen (secondary N) is 1. The summed E-state index contributed by atoms with van der Waals surface area (Å²) in [5.41, 5.74) is 3.33. The van der Waals surface area contributed by atoms with E-state index in [1.165, 1.54) is 17.1 Å². The molecule has 2 aliphatic rings. The molecule has 212 valence electrons. The van der Waals surface area contributed by atoms with Crippen LogP contribution in [-0.2, 0) is 32.1 Å². The Labute approximate surface area is 237 Å². The Hall–Kier alpha value is -4.53. The van der Waals surface area contributed by atoms with Gasteiger partial charge in [-0.3, -0.25) is 14.4 Å². The van der Waals surface area contributed by atoms with Crippen molar-refractivity contribution >= 4 is 29.4 Å². The van der Waals surface area contributed by atoms with E-state index < -0.39 is 17.7 Å². The highest BCUT2D eigenvalue weighted by Gasteiger charge is 2.32. The first-order valence-corrected chi connectivity index (χ1v) is 13.8. The van der Waals surface area contributed by atoms with Crippen molar-refractivity contribution < 1.29 is 28.6 Å². The van der Waals surface area contributed by atoms with E-state index in [-0.39, 0.29) is 43.7 Å². The number of aryl methyl sites for hydroxylation is 1. The molecular formula is C32H32FN3O5. The van der Waals surface area contributed by atoms with Crippen LogP contribution in [0.5, 0.6) is 0 Å². The van der Waals surface area contributed by atoms with Gasteiger partial charge in [0, 0.05) is 17.7 Å². The van der Waals surface area contributed by atoms with Gasteiger partial charge in [0.25, 0.3) is 5.91 Å². The van der Waals surface area contributed by atoms with Crippen molar-refractivity contribution in [3.05, 3.63) is 101 Å². The lowest BCUT2D eigenvalue weighted by Crippen LogP contribution is -2.36. The highest BCUT2D eigenvalue weighted by atomic mass is 19.1. The summed E-state index contributed by atoms with van der Waals surface area (Å²) in [7, 11) is 0. The molecule has 0 radical (unpaired) electrons. The zero-order valence-electron chi connectivity index (χ0n) is 22.6. The second kappa shape index (κ2) is 12.8.